The molecule has 80 valence electrons. The highest BCUT2D eigenvalue weighted by Gasteiger charge is 2.30. The maximum Gasteiger partial charge on any atom is 0.168 e. The number of ketones is 1. The van der Waals surface area contributed by atoms with E-state index in [0.717, 1.165) is 16.6 Å². The molecule has 1 saturated heterocycles. The van der Waals surface area contributed by atoms with Gasteiger partial charge >= 0.3 is 0 Å². The molecule has 1 aliphatic heterocycles. The minimum absolute atomic E-state index is 0.279. The van der Waals surface area contributed by atoms with E-state index < -0.39 is 0 Å². The lowest BCUT2D eigenvalue weighted by atomic mass is 10.1. The average molecular weight is 204 g/mol. The van der Waals surface area contributed by atoms with E-state index in [2.05, 4.69) is 7.05 Å². The van der Waals surface area contributed by atoms with Gasteiger partial charge in [0.15, 0.2) is 5.78 Å². The van der Waals surface area contributed by atoms with Crippen LogP contribution in [0.2, 0.25) is 0 Å². The smallest absolute Gasteiger partial charge is 0.168 e. The summed E-state index contributed by atoms with van der Waals surface area (Å²) < 4.78 is 1.08. The molecule has 1 aromatic rings. The number of nitrogens with zero attached hydrogens (tertiary/aromatic N) is 1. The normalized spacial score (nSPS) is 18.2. The van der Waals surface area contributed by atoms with Crippen molar-refractivity contribution in [1.82, 2.24) is 0 Å². The zero-order chi connectivity index (χ0) is 10.7. The third kappa shape index (κ3) is 2.45. The van der Waals surface area contributed by atoms with Crippen LogP contribution in [0.1, 0.15) is 23.2 Å². The number of benzene rings is 1. The number of carbonyl (C=O) groups excluding carboxylic acids is 1. The Bertz CT molecular complexity index is 341. The monoisotopic (exact) mass is 204 g/mol. The van der Waals surface area contributed by atoms with Crippen molar-refractivity contribution in [1.29, 1.82) is 0 Å². The molecule has 0 saturated carbocycles. The number of hydrogen-bond donors (Lipinski definition) is 0. The summed E-state index contributed by atoms with van der Waals surface area (Å²) in [6, 6.07) is 9.59. The molecule has 2 nitrogen and oxygen atoms in total. The van der Waals surface area contributed by atoms with Crippen molar-refractivity contribution in [2.45, 2.75) is 12.8 Å². The van der Waals surface area contributed by atoms with Crippen LogP contribution in [0.4, 0.5) is 0 Å². The Hall–Kier alpha value is -1.15. The van der Waals surface area contributed by atoms with E-state index in [-0.39, 0.29) is 5.78 Å². The Kier molecular flexibility index (Phi) is 2.87. The zero-order valence-corrected chi connectivity index (χ0v) is 9.28. The molecule has 0 aliphatic carbocycles. The fraction of sp³-hybridized carbons (Fsp3) is 0.462. The van der Waals surface area contributed by atoms with Crippen LogP contribution in [0.25, 0.3) is 0 Å². The summed E-state index contributed by atoms with van der Waals surface area (Å²) in [6.45, 7) is 3.47. The Morgan fingerprint density at radius 2 is 1.93 bits per heavy atom. The highest BCUT2D eigenvalue weighted by Crippen LogP contribution is 2.17. The fourth-order valence-electron chi connectivity index (χ4n) is 2.06. The Balaban J connectivity index is 1.88. The molecular weight excluding hydrogens is 186 g/mol. The molecule has 1 heterocycles. The lowest BCUT2D eigenvalue weighted by Gasteiger charge is -2.42. The van der Waals surface area contributed by atoms with E-state index in [1.165, 1.54) is 19.5 Å². The van der Waals surface area contributed by atoms with Gasteiger partial charge in [0.25, 0.3) is 0 Å². The minimum atomic E-state index is 0.279. The highest BCUT2D eigenvalue weighted by atomic mass is 16.1. The van der Waals surface area contributed by atoms with Gasteiger partial charge in [-0.25, -0.2) is 0 Å². The summed E-state index contributed by atoms with van der Waals surface area (Å²) in [5.74, 6) is 0.279. The SMILES string of the molecule is C[N+]1(CCC(=O)c2ccccc2)CCC1. The van der Waals surface area contributed by atoms with Crippen molar-refractivity contribution in [2.75, 3.05) is 26.7 Å². The van der Waals surface area contributed by atoms with Gasteiger partial charge in [-0.05, 0) is 0 Å². The third-order valence-electron chi connectivity index (χ3n) is 3.37. The summed E-state index contributed by atoms with van der Waals surface area (Å²) >= 11 is 0. The van der Waals surface area contributed by atoms with Crippen LogP contribution in [0.15, 0.2) is 30.3 Å². The number of carbonyl (C=O) groups is 1. The van der Waals surface area contributed by atoms with E-state index in [9.17, 15) is 4.79 Å². The second kappa shape index (κ2) is 4.15. The molecule has 0 spiro atoms. The minimum Gasteiger partial charge on any atom is -0.325 e. The maximum atomic E-state index is 11.8. The third-order valence-corrected chi connectivity index (χ3v) is 3.37. The first-order valence-electron chi connectivity index (χ1n) is 5.61. The molecule has 2 rings (SSSR count). The molecule has 1 aromatic carbocycles. The molecular formula is C13H18NO+. The molecule has 0 N–H and O–H groups in total. The van der Waals surface area contributed by atoms with Gasteiger partial charge in [-0.15, -0.1) is 0 Å². The molecule has 0 atom stereocenters. The quantitative estimate of drug-likeness (QED) is 0.542. The number of likely N-dealkylation sites (tertiary alicyclic amines) is 1. The first kappa shape index (κ1) is 10.4. The molecule has 1 aliphatic rings. The topological polar surface area (TPSA) is 17.1 Å². The van der Waals surface area contributed by atoms with E-state index in [4.69, 9.17) is 0 Å². The van der Waals surface area contributed by atoms with E-state index in [0.29, 0.717) is 6.42 Å². The predicted molar refractivity (Wildman–Crippen MR) is 60.8 cm³/mol. The van der Waals surface area contributed by atoms with Gasteiger partial charge in [-0.2, -0.15) is 0 Å². The zero-order valence-electron chi connectivity index (χ0n) is 9.28. The van der Waals surface area contributed by atoms with Crippen LogP contribution in [-0.4, -0.2) is 36.9 Å². The lowest BCUT2D eigenvalue weighted by molar-refractivity contribution is -0.945. The van der Waals surface area contributed by atoms with Crippen LogP contribution in [-0.2, 0) is 0 Å². The second-order valence-corrected chi connectivity index (χ2v) is 4.68. The predicted octanol–water partition coefficient (Wildman–Crippen LogP) is 2.11. The van der Waals surface area contributed by atoms with Gasteiger partial charge in [0, 0.05) is 12.0 Å². The van der Waals surface area contributed by atoms with E-state index in [1.54, 1.807) is 0 Å². The van der Waals surface area contributed by atoms with Gasteiger partial charge in [-0.1, -0.05) is 30.3 Å². The summed E-state index contributed by atoms with van der Waals surface area (Å²) in [5.41, 5.74) is 0.852. The van der Waals surface area contributed by atoms with Crippen molar-refractivity contribution in [3.63, 3.8) is 0 Å². The number of quaternary nitrogens is 1. The van der Waals surface area contributed by atoms with Crippen LogP contribution in [0.3, 0.4) is 0 Å². The van der Waals surface area contributed by atoms with Crippen molar-refractivity contribution in [3.05, 3.63) is 35.9 Å². The van der Waals surface area contributed by atoms with Crippen LogP contribution in [0.5, 0.6) is 0 Å². The van der Waals surface area contributed by atoms with E-state index >= 15 is 0 Å². The Morgan fingerprint density at radius 3 is 2.47 bits per heavy atom. The van der Waals surface area contributed by atoms with Crippen molar-refractivity contribution in [2.24, 2.45) is 0 Å². The summed E-state index contributed by atoms with van der Waals surface area (Å²) in [7, 11) is 2.24. The maximum absolute atomic E-state index is 11.8. The first-order chi connectivity index (χ1) is 7.20. The molecule has 2 heteroatoms. The molecule has 15 heavy (non-hydrogen) atoms. The van der Waals surface area contributed by atoms with E-state index in [1.807, 2.05) is 30.3 Å². The highest BCUT2D eigenvalue weighted by molar-refractivity contribution is 5.96. The van der Waals surface area contributed by atoms with Crippen molar-refractivity contribution < 1.29 is 9.28 Å². The van der Waals surface area contributed by atoms with Gasteiger partial charge in [0.1, 0.15) is 0 Å². The van der Waals surface area contributed by atoms with Crippen LogP contribution < -0.4 is 0 Å². The van der Waals surface area contributed by atoms with Crippen LogP contribution >= 0.6 is 0 Å². The molecule has 0 unspecified atom stereocenters. The molecule has 0 amide bonds. The van der Waals surface area contributed by atoms with Crippen LogP contribution in [0, 0.1) is 0 Å². The Labute approximate surface area is 91.1 Å². The number of hydrogen-bond acceptors (Lipinski definition) is 1. The summed E-state index contributed by atoms with van der Waals surface area (Å²) in [5, 5.41) is 0. The van der Waals surface area contributed by atoms with Crippen molar-refractivity contribution >= 4 is 5.78 Å². The Morgan fingerprint density at radius 1 is 1.27 bits per heavy atom. The molecule has 0 bridgehead atoms. The molecule has 1 fully saturated rings. The number of Topliss-reactive ketones (excluding diaryl/α,β-unsaturated/α-hetero) is 1. The second-order valence-electron chi connectivity index (χ2n) is 4.68. The standard InChI is InChI=1S/C13H18NO/c1-14(9-5-10-14)11-8-13(15)12-6-3-2-4-7-12/h2-4,6-7H,5,8-11H2,1H3/q+1. The number of rotatable bonds is 4. The molecule has 0 aromatic heterocycles. The first-order valence-corrected chi connectivity index (χ1v) is 5.61. The van der Waals surface area contributed by atoms with Gasteiger partial charge in [0.2, 0.25) is 0 Å². The molecule has 0 radical (unpaired) electrons. The largest absolute Gasteiger partial charge is 0.325 e. The van der Waals surface area contributed by atoms with Crippen molar-refractivity contribution in [3.8, 4) is 0 Å². The lowest BCUT2D eigenvalue weighted by Crippen LogP contribution is -2.55. The summed E-state index contributed by atoms with van der Waals surface area (Å²) in [4.78, 5) is 11.8. The van der Waals surface area contributed by atoms with Gasteiger partial charge in [0.05, 0.1) is 33.1 Å². The average Bonchev–Trinajstić information content (AvgIpc) is 2.24. The van der Waals surface area contributed by atoms with Gasteiger partial charge < -0.3 is 4.48 Å². The fourth-order valence-corrected chi connectivity index (χ4v) is 2.06. The summed E-state index contributed by atoms with van der Waals surface area (Å²) in [6.07, 6.45) is 2.00. The van der Waals surface area contributed by atoms with Gasteiger partial charge in [-0.3, -0.25) is 4.79 Å².